The van der Waals surface area contributed by atoms with Crippen LogP contribution in [0.4, 0.5) is 10.5 Å². The summed E-state index contributed by atoms with van der Waals surface area (Å²) < 4.78 is 5.06. The number of carbonyl (C=O) groups excluding carboxylic acids is 2. The van der Waals surface area contributed by atoms with Crippen LogP contribution in [0.25, 0.3) is 0 Å². The van der Waals surface area contributed by atoms with Crippen molar-refractivity contribution in [2.24, 2.45) is 0 Å². The van der Waals surface area contributed by atoms with Crippen molar-refractivity contribution in [1.82, 2.24) is 14.8 Å². The topological polar surface area (TPSA) is 74.8 Å². The minimum Gasteiger partial charge on any atom is -0.450 e. The molecule has 7 heteroatoms. The molecule has 0 aromatic carbocycles. The van der Waals surface area contributed by atoms with Crippen LogP contribution < -0.4 is 5.32 Å². The smallest absolute Gasteiger partial charge is 0.409 e. The molecule has 0 radical (unpaired) electrons. The molecule has 0 unspecified atom stereocenters. The van der Waals surface area contributed by atoms with Gasteiger partial charge >= 0.3 is 6.09 Å². The third-order valence-corrected chi connectivity index (χ3v) is 5.26. The first kappa shape index (κ1) is 19.5. The van der Waals surface area contributed by atoms with Gasteiger partial charge in [-0.05, 0) is 44.7 Å². The summed E-state index contributed by atoms with van der Waals surface area (Å²) >= 11 is 0. The summed E-state index contributed by atoms with van der Waals surface area (Å²) in [7, 11) is 0. The fourth-order valence-corrected chi connectivity index (χ4v) is 3.73. The molecule has 3 heterocycles. The Balaban J connectivity index is 1.55. The molecule has 2 aliphatic rings. The summed E-state index contributed by atoms with van der Waals surface area (Å²) in [6.45, 7) is 5.24. The first-order valence-electron chi connectivity index (χ1n) is 10.1. The van der Waals surface area contributed by atoms with Crippen molar-refractivity contribution in [1.29, 1.82) is 0 Å². The molecule has 2 fully saturated rings. The number of nitrogens with one attached hydrogen (secondary N) is 1. The van der Waals surface area contributed by atoms with Crippen molar-refractivity contribution in [2.75, 3.05) is 38.1 Å². The van der Waals surface area contributed by atoms with Gasteiger partial charge in [-0.15, -0.1) is 0 Å². The van der Waals surface area contributed by atoms with Crippen molar-refractivity contribution >= 4 is 17.7 Å². The third-order valence-electron chi connectivity index (χ3n) is 5.26. The van der Waals surface area contributed by atoms with Gasteiger partial charge in [0.25, 0.3) is 5.91 Å². The normalized spacial score (nSPS) is 18.7. The minimum atomic E-state index is -0.231. The second-order valence-corrected chi connectivity index (χ2v) is 7.24. The molecule has 3 rings (SSSR count). The van der Waals surface area contributed by atoms with E-state index in [-0.39, 0.29) is 18.0 Å². The van der Waals surface area contributed by atoms with Crippen LogP contribution in [0.15, 0.2) is 18.3 Å². The highest BCUT2D eigenvalue weighted by Gasteiger charge is 2.24. The molecule has 148 valence electrons. The molecule has 27 heavy (non-hydrogen) atoms. The second kappa shape index (κ2) is 9.58. The fraction of sp³-hybridized carbons (Fsp3) is 0.650. The van der Waals surface area contributed by atoms with Gasteiger partial charge in [-0.1, -0.05) is 12.8 Å². The molecule has 2 amide bonds. The molecule has 2 saturated heterocycles. The predicted molar refractivity (Wildman–Crippen MR) is 104 cm³/mol. The van der Waals surface area contributed by atoms with Crippen molar-refractivity contribution < 1.29 is 14.3 Å². The van der Waals surface area contributed by atoms with Crippen LogP contribution in [-0.4, -0.2) is 65.6 Å². The lowest BCUT2D eigenvalue weighted by atomic mass is 10.1. The van der Waals surface area contributed by atoms with Crippen LogP contribution in [0.3, 0.4) is 0 Å². The lowest BCUT2D eigenvalue weighted by Gasteiger charge is -2.32. The summed E-state index contributed by atoms with van der Waals surface area (Å²) in [5.74, 6) is 0.0256. The van der Waals surface area contributed by atoms with E-state index in [1.165, 1.54) is 12.8 Å². The quantitative estimate of drug-likeness (QED) is 0.876. The maximum atomic E-state index is 12.8. The number of piperidine rings is 1. The zero-order valence-corrected chi connectivity index (χ0v) is 16.2. The highest BCUT2D eigenvalue weighted by atomic mass is 16.6. The van der Waals surface area contributed by atoms with E-state index in [4.69, 9.17) is 4.74 Å². The summed E-state index contributed by atoms with van der Waals surface area (Å²) in [6, 6.07) is 4.03. The number of amides is 2. The van der Waals surface area contributed by atoms with Gasteiger partial charge in [-0.25, -0.2) is 4.79 Å². The van der Waals surface area contributed by atoms with Crippen molar-refractivity contribution in [3.8, 4) is 0 Å². The number of likely N-dealkylation sites (tertiary alicyclic amines) is 2. The molecule has 0 atom stereocenters. The van der Waals surface area contributed by atoms with Crippen LogP contribution in [0.2, 0.25) is 0 Å². The van der Waals surface area contributed by atoms with Gasteiger partial charge in [0.2, 0.25) is 0 Å². The Bertz CT molecular complexity index is 636. The van der Waals surface area contributed by atoms with Gasteiger partial charge in [-0.3, -0.25) is 9.78 Å². The number of hydrogen-bond donors (Lipinski definition) is 1. The average molecular weight is 374 g/mol. The molecule has 2 aliphatic heterocycles. The highest BCUT2D eigenvalue weighted by Crippen LogP contribution is 2.19. The standard InChI is InChI=1S/C20H30N4O3/c1-2-27-20(26)24-13-8-16(9-14-24)22-17-7-10-21-18(15-17)19(25)23-11-5-3-4-6-12-23/h7,10,15-16H,2-6,8-9,11-14H2,1H3,(H,21,22). The van der Waals surface area contributed by atoms with E-state index in [0.29, 0.717) is 25.4 Å². The van der Waals surface area contributed by atoms with E-state index >= 15 is 0 Å². The molecule has 1 N–H and O–H groups in total. The number of nitrogens with zero attached hydrogens (tertiary/aromatic N) is 3. The van der Waals surface area contributed by atoms with Gasteiger partial charge in [0.1, 0.15) is 5.69 Å². The number of ether oxygens (including phenoxy) is 1. The van der Waals surface area contributed by atoms with E-state index in [1.54, 1.807) is 11.1 Å². The van der Waals surface area contributed by atoms with E-state index in [1.807, 2.05) is 24.0 Å². The van der Waals surface area contributed by atoms with E-state index in [9.17, 15) is 9.59 Å². The van der Waals surface area contributed by atoms with E-state index in [2.05, 4.69) is 10.3 Å². The third kappa shape index (κ3) is 5.34. The zero-order valence-electron chi connectivity index (χ0n) is 16.2. The highest BCUT2D eigenvalue weighted by molar-refractivity contribution is 5.93. The van der Waals surface area contributed by atoms with E-state index in [0.717, 1.165) is 44.5 Å². The maximum Gasteiger partial charge on any atom is 0.409 e. The van der Waals surface area contributed by atoms with Crippen LogP contribution >= 0.6 is 0 Å². The van der Waals surface area contributed by atoms with Gasteiger partial charge in [0.15, 0.2) is 0 Å². The number of hydrogen-bond acceptors (Lipinski definition) is 5. The summed E-state index contributed by atoms with van der Waals surface area (Å²) in [4.78, 5) is 32.5. The fourth-order valence-electron chi connectivity index (χ4n) is 3.73. The van der Waals surface area contributed by atoms with Gasteiger partial charge in [0, 0.05) is 44.1 Å². The first-order chi connectivity index (χ1) is 13.2. The number of carbonyl (C=O) groups is 2. The minimum absolute atomic E-state index is 0.0256. The van der Waals surface area contributed by atoms with Gasteiger partial charge in [0.05, 0.1) is 6.61 Å². The maximum absolute atomic E-state index is 12.8. The SMILES string of the molecule is CCOC(=O)N1CCC(Nc2ccnc(C(=O)N3CCCCCC3)c2)CC1. The van der Waals surface area contributed by atoms with Gasteiger partial charge in [-0.2, -0.15) is 0 Å². The lowest BCUT2D eigenvalue weighted by Crippen LogP contribution is -2.42. The Hall–Kier alpha value is -2.31. The molecule has 0 saturated carbocycles. The number of pyridine rings is 1. The summed E-state index contributed by atoms with van der Waals surface area (Å²) in [6.07, 6.45) is 7.72. The Morgan fingerprint density at radius 2 is 1.81 bits per heavy atom. The number of aromatic nitrogens is 1. The molecule has 0 spiro atoms. The van der Waals surface area contributed by atoms with Crippen LogP contribution in [0, 0.1) is 0 Å². The van der Waals surface area contributed by atoms with Crippen LogP contribution in [0.5, 0.6) is 0 Å². The monoisotopic (exact) mass is 374 g/mol. The number of rotatable bonds is 4. The zero-order chi connectivity index (χ0) is 19.1. The largest absolute Gasteiger partial charge is 0.450 e. The molecular formula is C20H30N4O3. The Morgan fingerprint density at radius 3 is 2.48 bits per heavy atom. The first-order valence-corrected chi connectivity index (χ1v) is 10.1. The van der Waals surface area contributed by atoms with Crippen LogP contribution in [-0.2, 0) is 4.74 Å². The Kier molecular flexibility index (Phi) is 6.90. The van der Waals surface area contributed by atoms with Crippen molar-refractivity contribution in [2.45, 2.75) is 51.5 Å². The molecule has 1 aromatic heterocycles. The van der Waals surface area contributed by atoms with Gasteiger partial charge < -0.3 is 19.9 Å². The Morgan fingerprint density at radius 1 is 1.11 bits per heavy atom. The molecule has 1 aromatic rings. The predicted octanol–water partition coefficient (Wildman–Crippen LogP) is 3.13. The molecule has 7 nitrogen and oxygen atoms in total. The molecule has 0 aliphatic carbocycles. The Labute approximate surface area is 161 Å². The molecule has 0 bridgehead atoms. The second-order valence-electron chi connectivity index (χ2n) is 7.24. The van der Waals surface area contributed by atoms with Crippen molar-refractivity contribution in [3.05, 3.63) is 24.0 Å². The summed E-state index contributed by atoms with van der Waals surface area (Å²) in [5.41, 5.74) is 1.42. The average Bonchev–Trinajstić information content (AvgIpc) is 2.98. The van der Waals surface area contributed by atoms with Crippen LogP contribution in [0.1, 0.15) is 55.9 Å². The van der Waals surface area contributed by atoms with Crippen molar-refractivity contribution in [3.63, 3.8) is 0 Å². The number of anilines is 1. The lowest BCUT2D eigenvalue weighted by molar-refractivity contribution is 0.0755. The van der Waals surface area contributed by atoms with E-state index < -0.39 is 0 Å². The summed E-state index contributed by atoms with van der Waals surface area (Å²) in [5, 5.41) is 3.49. The molecular weight excluding hydrogens is 344 g/mol.